The number of carbonyl (C=O) groups is 1. The van der Waals surface area contributed by atoms with E-state index in [4.69, 9.17) is 20.7 Å². The highest BCUT2D eigenvalue weighted by molar-refractivity contribution is 6.09. The first-order valence-electron chi connectivity index (χ1n) is 11.0. The number of carbonyl (C=O) groups excluding carboxylic acids is 1. The molecule has 0 spiro atoms. The zero-order chi connectivity index (χ0) is 26.1. The third kappa shape index (κ3) is 4.84. The molecule has 0 atom stereocenters. The summed E-state index contributed by atoms with van der Waals surface area (Å²) in [6, 6.07) is 4.58. The molecule has 0 saturated carbocycles. The van der Waals surface area contributed by atoms with Crippen molar-refractivity contribution in [1.29, 1.82) is 5.41 Å². The molecule has 1 amide bonds. The number of rotatable bonds is 7. The summed E-state index contributed by atoms with van der Waals surface area (Å²) in [5, 5.41) is 23.6. The fourth-order valence-corrected chi connectivity index (χ4v) is 3.78. The number of amides is 1. The van der Waals surface area contributed by atoms with Crippen LogP contribution < -0.4 is 25.9 Å². The number of hydrazine groups is 1. The Morgan fingerprint density at radius 1 is 1.43 bits per heavy atom. The maximum Gasteiger partial charge on any atom is 0.387 e. The normalized spacial score (nSPS) is 12.6. The van der Waals surface area contributed by atoms with Crippen LogP contribution in [0.3, 0.4) is 0 Å². The number of nitrogens with zero attached hydrogens (tertiary/aromatic N) is 6. The molecule has 0 unspecified atom stereocenters. The number of nitrogens with two attached hydrogens (primary N) is 1. The summed E-state index contributed by atoms with van der Waals surface area (Å²) in [4.78, 5) is 17.4. The molecular weight excluding hydrogens is 490 g/mol. The van der Waals surface area contributed by atoms with Gasteiger partial charge in [-0.15, -0.1) is 0 Å². The van der Waals surface area contributed by atoms with Gasteiger partial charge in [-0.2, -0.15) is 19.0 Å². The lowest BCUT2D eigenvalue weighted by atomic mass is 10.1. The SMILES string of the molecule is CN(N)C(=N)Cn1cc(NC(=O)c2cnn3cccnc23)c(-c2cc3c(cc2OC(F)F)NCCO3)n1. The maximum absolute atomic E-state index is 13.3. The molecule has 13 nitrogen and oxygen atoms in total. The third-order valence-corrected chi connectivity index (χ3v) is 5.50. The summed E-state index contributed by atoms with van der Waals surface area (Å²) in [5.41, 5.74) is 1.46. The van der Waals surface area contributed by atoms with Gasteiger partial charge in [0.2, 0.25) is 0 Å². The summed E-state index contributed by atoms with van der Waals surface area (Å²) in [7, 11) is 1.50. The second-order valence-corrected chi connectivity index (χ2v) is 8.05. The van der Waals surface area contributed by atoms with Crippen molar-refractivity contribution >= 4 is 28.8 Å². The van der Waals surface area contributed by atoms with Gasteiger partial charge in [0.1, 0.15) is 35.2 Å². The average molecular weight is 512 g/mol. The molecule has 5 N–H and O–H groups in total. The smallest absolute Gasteiger partial charge is 0.387 e. The van der Waals surface area contributed by atoms with Crippen LogP contribution in [0, 0.1) is 5.41 Å². The number of benzene rings is 1. The van der Waals surface area contributed by atoms with Gasteiger partial charge in [0.05, 0.1) is 29.7 Å². The number of aromatic nitrogens is 5. The molecule has 0 bridgehead atoms. The minimum atomic E-state index is -3.11. The highest BCUT2D eigenvalue weighted by Gasteiger charge is 2.25. The highest BCUT2D eigenvalue weighted by atomic mass is 19.3. The van der Waals surface area contributed by atoms with Crippen molar-refractivity contribution in [2.75, 3.05) is 30.8 Å². The van der Waals surface area contributed by atoms with Crippen LogP contribution >= 0.6 is 0 Å². The van der Waals surface area contributed by atoms with Crippen LogP contribution in [0.2, 0.25) is 0 Å². The molecule has 192 valence electrons. The molecule has 1 aliphatic heterocycles. The molecule has 15 heteroatoms. The lowest BCUT2D eigenvalue weighted by Gasteiger charge is -2.21. The second kappa shape index (κ2) is 9.69. The standard InChI is InChI=1S/C22H22F2N10O3/c1-32(26)18(25)11-33-10-15(30-21(35)13-9-29-34-5-2-3-28-20(13)34)19(31-33)12-7-17-14(27-4-6-36-17)8-16(12)37-22(23)24/h2-3,5,7-10,22,25,27H,4,6,11,26H2,1H3,(H,30,35). The molecule has 3 aromatic heterocycles. The van der Waals surface area contributed by atoms with Crippen molar-refractivity contribution in [2.45, 2.75) is 13.2 Å². The van der Waals surface area contributed by atoms with Crippen LogP contribution in [0.1, 0.15) is 10.4 Å². The van der Waals surface area contributed by atoms with Crippen LogP contribution in [-0.2, 0) is 6.54 Å². The predicted molar refractivity (Wildman–Crippen MR) is 129 cm³/mol. The summed E-state index contributed by atoms with van der Waals surface area (Å²) >= 11 is 0. The van der Waals surface area contributed by atoms with Gasteiger partial charge in [-0.1, -0.05) is 0 Å². The number of hydrogen-bond acceptors (Lipinski definition) is 9. The lowest BCUT2D eigenvalue weighted by molar-refractivity contribution is -0.0494. The van der Waals surface area contributed by atoms with Crippen LogP contribution in [0.15, 0.2) is 43.0 Å². The Bertz CT molecular complexity index is 1480. The molecule has 37 heavy (non-hydrogen) atoms. The Kier molecular flexibility index (Phi) is 6.27. The third-order valence-electron chi connectivity index (χ3n) is 5.50. The van der Waals surface area contributed by atoms with E-state index in [1.807, 2.05) is 0 Å². The van der Waals surface area contributed by atoms with Gasteiger partial charge in [0.25, 0.3) is 5.91 Å². The number of fused-ring (bicyclic) bond motifs is 2. The van der Waals surface area contributed by atoms with Gasteiger partial charge in [-0.3, -0.25) is 14.9 Å². The van der Waals surface area contributed by atoms with Crippen molar-refractivity contribution in [3.05, 3.63) is 48.5 Å². The van der Waals surface area contributed by atoms with Crippen molar-refractivity contribution < 1.29 is 23.0 Å². The maximum atomic E-state index is 13.3. The zero-order valence-corrected chi connectivity index (χ0v) is 19.5. The number of alkyl halides is 2. The number of hydrogen-bond donors (Lipinski definition) is 4. The zero-order valence-electron chi connectivity index (χ0n) is 19.5. The van der Waals surface area contributed by atoms with Crippen molar-refractivity contribution in [3.8, 4) is 22.8 Å². The van der Waals surface area contributed by atoms with Gasteiger partial charge in [-0.05, 0) is 12.1 Å². The summed E-state index contributed by atoms with van der Waals surface area (Å²) in [6.45, 7) is -2.28. The van der Waals surface area contributed by atoms with E-state index in [0.717, 1.165) is 5.01 Å². The van der Waals surface area contributed by atoms with Gasteiger partial charge < -0.3 is 25.1 Å². The average Bonchev–Trinajstić information content (AvgIpc) is 3.47. The molecule has 0 aliphatic carbocycles. The van der Waals surface area contributed by atoms with Crippen molar-refractivity contribution in [3.63, 3.8) is 0 Å². The molecule has 0 radical (unpaired) electrons. The Morgan fingerprint density at radius 3 is 3.05 bits per heavy atom. The number of ether oxygens (including phenoxy) is 2. The van der Waals surface area contributed by atoms with Gasteiger partial charge in [0, 0.05) is 38.2 Å². The van der Waals surface area contributed by atoms with E-state index >= 15 is 0 Å². The number of halogens is 2. The van der Waals surface area contributed by atoms with Crippen LogP contribution in [0.25, 0.3) is 16.9 Å². The quantitative estimate of drug-likeness (QED) is 0.126. The first-order chi connectivity index (χ1) is 17.8. The summed E-state index contributed by atoms with van der Waals surface area (Å²) in [5.74, 6) is 5.36. The Balaban J connectivity index is 1.59. The van der Waals surface area contributed by atoms with E-state index in [9.17, 15) is 13.6 Å². The monoisotopic (exact) mass is 512 g/mol. The van der Waals surface area contributed by atoms with E-state index in [2.05, 4.69) is 25.8 Å². The minimum absolute atomic E-state index is 0.0146. The number of anilines is 2. The van der Waals surface area contributed by atoms with Crippen molar-refractivity contribution in [1.82, 2.24) is 29.4 Å². The Morgan fingerprint density at radius 2 is 2.27 bits per heavy atom. The van der Waals surface area contributed by atoms with Crippen LogP contribution in [0.4, 0.5) is 20.2 Å². The fraction of sp³-hybridized carbons (Fsp3) is 0.227. The van der Waals surface area contributed by atoms with Gasteiger partial charge in [-0.25, -0.2) is 15.3 Å². The first-order valence-corrected chi connectivity index (χ1v) is 11.0. The summed E-state index contributed by atoms with van der Waals surface area (Å²) < 4.78 is 39.9. The topological polar surface area (TPSA) is 161 Å². The van der Waals surface area contributed by atoms with E-state index in [0.29, 0.717) is 30.2 Å². The second-order valence-electron chi connectivity index (χ2n) is 8.05. The van der Waals surface area contributed by atoms with E-state index in [1.54, 1.807) is 12.3 Å². The number of nitrogens with one attached hydrogen (secondary N) is 3. The minimum Gasteiger partial charge on any atom is -0.490 e. The largest absolute Gasteiger partial charge is 0.490 e. The fourth-order valence-electron chi connectivity index (χ4n) is 3.78. The molecule has 5 rings (SSSR count). The van der Waals surface area contributed by atoms with Gasteiger partial charge >= 0.3 is 6.61 Å². The molecule has 0 fully saturated rings. The summed E-state index contributed by atoms with van der Waals surface area (Å²) in [6.07, 6.45) is 6.01. The first kappa shape index (κ1) is 23.9. The molecule has 1 aromatic carbocycles. The van der Waals surface area contributed by atoms with Crippen LogP contribution in [0.5, 0.6) is 11.5 Å². The molecule has 1 aliphatic rings. The van der Waals surface area contributed by atoms with Crippen LogP contribution in [-0.4, -0.2) is 67.9 Å². The highest BCUT2D eigenvalue weighted by Crippen LogP contribution is 2.42. The predicted octanol–water partition coefficient (Wildman–Crippen LogP) is 2.03. The molecule has 0 saturated heterocycles. The van der Waals surface area contributed by atoms with Crippen molar-refractivity contribution in [2.24, 2.45) is 5.84 Å². The molecule has 4 aromatic rings. The lowest BCUT2D eigenvalue weighted by Crippen LogP contribution is -2.35. The van der Waals surface area contributed by atoms with E-state index < -0.39 is 12.5 Å². The molecule has 4 heterocycles. The number of likely N-dealkylation sites (N-methyl/N-ethyl adjacent to an activating group) is 1. The van der Waals surface area contributed by atoms with E-state index in [1.165, 1.54) is 47.0 Å². The van der Waals surface area contributed by atoms with E-state index in [-0.39, 0.29) is 40.6 Å². The van der Waals surface area contributed by atoms with Gasteiger partial charge in [0.15, 0.2) is 5.65 Å². The molecular formula is C22H22F2N10O3. The Labute approximate surface area is 208 Å². The number of amidine groups is 1. The Hall–Kier alpha value is -4.79.